The number of aromatic nitrogens is 4. The molecule has 40 heavy (non-hydrogen) atoms. The van der Waals surface area contributed by atoms with E-state index < -0.39 is 29.7 Å². The number of likely N-dealkylation sites (N-methyl/N-ethyl adjacent to an activating group) is 1. The lowest BCUT2D eigenvalue weighted by molar-refractivity contribution is -0.137. The van der Waals surface area contributed by atoms with Gasteiger partial charge in [-0.2, -0.15) is 13.2 Å². The van der Waals surface area contributed by atoms with Crippen LogP contribution in [-0.2, 0) is 28.7 Å². The van der Waals surface area contributed by atoms with E-state index in [4.69, 9.17) is 0 Å². The number of amides is 2. The Morgan fingerprint density at radius 2 is 1.80 bits per heavy atom. The van der Waals surface area contributed by atoms with Crippen LogP contribution in [0.4, 0.5) is 18.9 Å². The lowest BCUT2D eigenvalue weighted by Gasteiger charge is -2.23. The zero-order valence-corrected chi connectivity index (χ0v) is 22.8. The molecule has 0 spiro atoms. The van der Waals surface area contributed by atoms with Gasteiger partial charge in [0, 0.05) is 37.1 Å². The zero-order valence-electron chi connectivity index (χ0n) is 22.8. The van der Waals surface area contributed by atoms with E-state index in [1.54, 1.807) is 36.0 Å². The summed E-state index contributed by atoms with van der Waals surface area (Å²) in [5, 5.41) is 14.7. The molecule has 0 bridgehead atoms. The summed E-state index contributed by atoms with van der Waals surface area (Å²) in [6, 6.07) is 11.6. The van der Waals surface area contributed by atoms with Crippen LogP contribution in [0.5, 0.6) is 0 Å². The van der Waals surface area contributed by atoms with E-state index in [0.717, 1.165) is 18.6 Å². The SMILES string of the molecule is CCCn1nnnc1CC(CC(C)C)C(=O)NC1N=C(c2ccc(C(F)(F)F)cc2)c2ccccc2N(C)C1=O. The number of nitrogens with zero attached hydrogens (tertiary/aromatic N) is 6. The lowest BCUT2D eigenvalue weighted by Crippen LogP contribution is -2.48. The molecule has 2 atom stereocenters. The number of aliphatic imine (C=N–C) groups is 1. The second-order valence-corrected chi connectivity index (χ2v) is 10.2. The van der Waals surface area contributed by atoms with Crippen molar-refractivity contribution in [1.82, 2.24) is 25.5 Å². The topological polar surface area (TPSA) is 105 Å². The van der Waals surface area contributed by atoms with Crippen molar-refractivity contribution in [3.05, 3.63) is 71.0 Å². The second-order valence-electron chi connectivity index (χ2n) is 10.2. The fourth-order valence-electron chi connectivity index (χ4n) is 4.74. The maximum Gasteiger partial charge on any atom is 0.416 e. The van der Waals surface area contributed by atoms with Crippen molar-refractivity contribution in [2.24, 2.45) is 16.8 Å². The molecule has 0 saturated heterocycles. The number of tetrazole rings is 1. The predicted octanol–water partition coefficient (Wildman–Crippen LogP) is 4.26. The fourth-order valence-corrected chi connectivity index (χ4v) is 4.74. The van der Waals surface area contributed by atoms with Gasteiger partial charge in [0.15, 0.2) is 5.82 Å². The molecule has 0 saturated carbocycles. The van der Waals surface area contributed by atoms with Gasteiger partial charge in [0.1, 0.15) is 0 Å². The number of anilines is 1. The number of carbonyl (C=O) groups is 2. The van der Waals surface area contributed by atoms with Crippen molar-refractivity contribution in [3.63, 3.8) is 0 Å². The summed E-state index contributed by atoms with van der Waals surface area (Å²) in [4.78, 5) is 33.2. The molecule has 1 aliphatic rings. The van der Waals surface area contributed by atoms with Crippen LogP contribution in [0, 0.1) is 11.8 Å². The molecule has 0 radical (unpaired) electrons. The molecule has 2 unspecified atom stereocenters. The van der Waals surface area contributed by atoms with Crippen molar-refractivity contribution < 1.29 is 22.8 Å². The van der Waals surface area contributed by atoms with E-state index in [2.05, 4.69) is 25.8 Å². The quantitative estimate of drug-likeness (QED) is 0.425. The van der Waals surface area contributed by atoms with Gasteiger partial charge < -0.3 is 10.2 Å². The molecule has 2 aromatic carbocycles. The van der Waals surface area contributed by atoms with Crippen molar-refractivity contribution in [2.75, 3.05) is 11.9 Å². The van der Waals surface area contributed by atoms with Gasteiger partial charge in [-0.3, -0.25) is 9.59 Å². The van der Waals surface area contributed by atoms with E-state index >= 15 is 0 Å². The Hall–Kier alpha value is -4.09. The number of carbonyl (C=O) groups excluding carboxylic acids is 2. The Morgan fingerprint density at radius 3 is 2.45 bits per heavy atom. The van der Waals surface area contributed by atoms with E-state index in [-0.39, 0.29) is 18.2 Å². The summed E-state index contributed by atoms with van der Waals surface area (Å²) in [5.41, 5.74) is 0.992. The number of hydrogen-bond acceptors (Lipinski definition) is 6. The first-order valence-corrected chi connectivity index (χ1v) is 13.2. The molecule has 0 fully saturated rings. The van der Waals surface area contributed by atoms with Gasteiger partial charge >= 0.3 is 6.18 Å². The maximum atomic E-state index is 13.6. The molecule has 0 aliphatic carbocycles. The number of hydrogen-bond donors (Lipinski definition) is 1. The third kappa shape index (κ3) is 6.37. The van der Waals surface area contributed by atoms with Crippen LogP contribution in [0.1, 0.15) is 56.1 Å². The molecule has 2 amide bonds. The van der Waals surface area contributed by atoms with Gasteiger partial charge in [-0.15, -0.1) is 5.10 Å². The summed E-state index contributed by atoms with van der Waals surface area (Å²) >= 11 is 0. The van der Waals surface area contributed by atoms with Gasteiger partial charge in [0.25, 0.3) is 5.91 Å². The van der Waals surface area contributed by atoms with Gasteiger partial charge in [-0.1, -0.05) is 51.1 Å². The standard InChI is InChI=1S/C28H32F3N7O2/c1-5-14-38-23(34-35-36-38)16-19(15-17(2)3)26(39)33-25-27(40)37(4)22-9-7-6-8-21(22)24(32-25)18-10-12-20(13-11-18)28(29,30)31/h6-13,17,19,25H,5,14-16H2,1-4H3,(H,33,39). The lowest BCUT2D eigenvalue weighted by atomic mass is 9.93. The van der Waals surface area contributed by atoms with Crippen molar-refractivity contribution in [3.8, 4) is 0 Å². The summed E-state index contributed by atoms with van der Waals surface area (Å²) in [6.07, 6.45) is -4.15. The van der Waals surface area contributed by atoms with Gasteiger partial charge in [-0.25, -0.2) is 9.67 Å². The average Bonchev–Trinajstić information content (AvgIpc) is 3.32. The Balaban J connectivity index is 1.69. The molecular formula is C28H32F3N7O2. The Kier molecular flexibility index (Phi) is 8.65. The van der Waals surface area contributed by atoms with Crippen molar-refractivity contribution in [2.45, 2.75) is 58.9 Å². The van der Waals surface area contributed by atoms with Crippen molar-refractivity contribution >= 4 is 23.2 Å². The number of rotatable bonds is 9. The van der Waals surface area contributed by atoms with Crippen LogP contribution in [0.3, 0.4) is 0 Å². The van der Waals surface area contributed by atoms with Gasteiger partial charge in [0.2, 0.25) is 12.1 Å². The van der Waals surface area contributed by atoms with Crippen LogP contribution >= 0.6 is 0 Å². The number of nitrogens with one attached hydrogen (secondary N) is 1. The van der Waals surface area contributed by atoms with Crippen LogP contribution in [0.2, 0.25) is 0 Å². The maximum absolute atomic E-state index is 13.6. The molecule has 12 heteroatoms. The highest BCUT2D eigenvalue weighted by Crippen LogP contribution is 2.31. The Bertz CT molecular complexity index is 1380. The van der Waals surface area contributed by atoms with Crippen LogP contribution in [-0.4, -0.2) is 50.9 Å². The number of fused-ring (bicyclic) bond motifs is 1. The second kappa shape index (κ2) is 12.0. The number of para-hydroxylation sites is 1. The first-order chi connectivity index (χ1) is 19.0. The summed E-state index contributed by atoms with van der Waals surface area (Å²) < 4.78 is 41.3. The number of benzodiazepines with no additional fused rings is 1. The predicted molar refractivity (Wildman–Crippen MR) is 144 cm³/mol. The minimum absolute atomic E-state index is 0.175. The smallest absolute Gasteiger partial charge is 0.326 e. The molecule has 2 heterocycles. The summed E-state index contributed by atoms with van der Waals surface area (Å²) in [5.74, 6) is -0.632. The number of aryl methyl sites for hydroxylation is 1. The number of benzene rings is 2. The molecule has 4 rings (SSSR count). The van der Waals surface area contributed by atoms with E-state index in [1.165, 1.54) is 17.0 Å². The highest BCUT2D eigenvalue weighted by atomic mass is 19.4. The largest absolute Gasteiger partial charge is 0.416 e. The van der Waals surface area contributed by atoms with Crippen LogP contribution < -0.4 is 10.2 Å². The highest BCUT2D eigenvalue weighted by molar-refractivity contribution is 6.20. The molecule has 1 aliphatic heterocycles. The van der Waals surface area contributed by atoms with Gasteiger partial charge in [0.05, 0.1) is 17.0 Å². The average molecular weight is 556 g/mol. The molecule has 1 N–H and O–H groups in total. The fraction of sp³-hybridized carbons (Fsp3) is 0.429. The van der Waals surface area contributed by atoms with Crippen LogP contribution in [0.25, 0.3) is 0 Å². The highest BCUT2D eigenvalue weighted by Gasteiger charge is 2.34. The van der Waals surface area contributed by atoms with Gasteiger partial charge in [-0.05, 0) is 47.4 Å². The van der Waals surface area contributed by atoms with Crippen LogP contribution in [0.15, 0.2) is 53.5 Å². The molecular weight excluding hydrogens is 523 g/mol. The zero-order chi connectivity index (χ0) is 29.0. The normalized spacial score (nSPS) is 16.4. The molecule has 1 aromatic heterocycles. The van der Waals surface area contributed by atoms with Crippen molar-refractivity contribution in [1.29, 1.82) is 0 Å². The van der Waals surface area contributed by atoms with E-state index in [1.807, 2.05) is 20.8 Å². The molecule has 3 aromatic rings. The third-order valence-corrected chi connectivity index (χ3v) is 6.71. The summed E-state index contributed by atoms with van der Waals surface area (Å²) in [6.45, 7) is 6.61. The minimum atomic E-state index is -4.49. The number of halogens is 3. The first-order valence-electron chi connectivity index (χ1n) is 13.2. The molecule has 9 nitrogen and oxygen atoms in total. The monoisotopic (exact) mass is 555 g/mol. The molecule has 212 valence electrons. The first kappa shape index (κ1) is 28.9. The Labute approximate surface area is 230 Å². The Morgan fingerprint density at radius 1 is 1.10 bits per heavy atom. The van der Waals surface area contributed by atoms with E-state index in [0.29, 0.717) is 41.3 Å². The number of alkyl halides is 3. The van der Waals surface area contributed by atoms with E-state index in [9.17, 15) is 22.8 Å². The summed E-state index contributed by atoms with van der Waals surface area (Å²) in [7, 11) is 1.58. The minimum Gasteiger partial charge on any atom is -0.326 e. The third-order valence-electron chi connectivity index (χ3n) is 6.71.